The maximum Gasteiger partial charge on any atom is 0.126 e. The van der Waals surface area contributed by atoms with Gasteiger partial charge in [0, 0.05) is 16.3 Å². The third-order valence-electron chi connectivity index (χ3n) is 6.31. The summed E-state index contributed by atoms with van der Waals surface area (Å²) >= 11 is 0. The molecule has 0 amide bonds. The zero-order chi connectivity index (χ0) is 21.7. The van der Waals surface area contributed by atoms with Crippen molar-refractivity contribution >= 4 is 32.4 Å². The normalized spacial score (nSPS) is 11.4. The molecule has 0 saturated carbocycles. The van der Waals surface area contributed by atoms with Gasteiger partial charge < -0.3 is 0 Å². The summed E-state index contributed by atoms with van der Waals surface area (Å²) in [5.41, 5.74) is 6.79. The largest absolute Gasteiger partial charge is 0.233 e. The molecule has 0 aliphatic carbocycles. The standard InChI is InChI=1S/C30H22N2/c1-19-26-14-7-6-11-23(26)18-24-15-16-27-29(31-20(2)32-30(27)28(19)24)25-13-8-12-22(17-25)21-9-4-3-5-10-21/h3-18H,1-2H3. The predicted molar refractivity (Wildman–Crippen MR) is 135 cm³/mol. The van der Waals surface area contributed by atoms with Gasteiger partial charge in [-0.3, -0.25) is 0 Å². The molecule has 0 N–H and O–H groups in total. The van der Waals surface area contributed by atoms with Gasteiger partial charge in [-0.25, -0.2) is 9.97 Å². The Labute approximate surface area is 187 Å². The van der Waals surface area contributed by atoms with Crippen LogP contribution in [0.5, 0.6) is 0 Å². The van der Waals surface area contributed by atoms with Gasteiger partial charge in [0.1, 0.15) is 5.82 Å². The van der Waals surface area contributed by atoms with Crippen molar-refractivity contribution in [1.82, 2.24) is 9.97 Å². The number of nitrogens with zero attached hydrogens (tertiary/aromatic N) is 2. The Bertz CT molecular complexity index is 1630. The van der Waals surface area contributed by atoms with Crippen LogP contribution < -0.4 is 0 Å². The van der Waals surface area contributed by atoms with E-state index in [1.165, 1.54) is 38.2 Å². The van der Waals surface area contributed by atoms with Crippen LogP contribution >= 0.6 is 0 Å². The number of benzene rings is 5. The minimum atomic E-state index is 0.790. The van der Waals surface area contributed by atoms with Crippen LogP contribution in [0, 0.1) is 13.8 Å². The van der Waals surface area contributed by atoms with Gasteiger partial charge in [-0.15, -0.1) is 0 Å². The summed E-state index contributed by atoms with van der Waals surface area (Å²) in [5.74, 6) is 0.790. The lowest BCUT2D eigenvalue weighted by atomic mass is 9.94. The van der Waals surface area contributed by atoms with Crippen LogP contribution in [0.4, 0.5) is 0 Å². The highest BCUT2D eigenvalue weighted by Gasteiger charge is 2.14. The van der Waals surface area contributed by atoms with E-state index in [1.807, 2.05) is 13.0 Å². The van der Waals surface area contributed by atoms with Gasteiger partial charge in [-0.05, 0) is 64.9 Å². The second kappa shape index (κ2) is 7.28. The van der Waals surface area contributed by atoms with E-state index in [0.717, 1.165) is 28.0 Å². The van der Waals surface area contributed by atoms with Crippen LogP contribution in [0.25, 0.3) is 54.8 Å². The van der Waals surface area contributed by atoms with Crippen LogP contribution in [0.2, 0.25) is 0 Å². The summed E-state index contributed by atoms with van der Waals surface area (Å²) < 4.78 is 0. The molecule has 0 fully saturated rings. The van der Waals surface area contributed by atoms with Gasteiger partial charge >= 0.3 is 0 Å². The molecule has 0 radical (unpaired) electrons. The third-order valence-corrected chi connectivity index (χ3v) is 6.31. The Kier molecular flexibility index (Phi) is 4.26. The van der Waals surface area contributed by atoms with Crippen LogP contribution in [0.1, 0.15) is 11.4 Å². The lowest BCUT2D eigenvalue weighted by Crippen LogP contribution is -1.96. The van der Waals surface area contributed by atoms with E-state index in [1.54, 1.807) is 0 Å². The second-order valence-electron chi connectivity index (χ2n) is 8.35. The summed E-state index contributed by atoms with van der Waals surface area (Å²) in [4.78, 5) is 9.82. The van der Waals surface area contributed by atoms with Crippen molar-refractivity contribution in [3.63, 3.8) is 0 Å². The van der Waals surface area contributed by atoms with E-state index in [4.69, 9.17) is 9.97 Å². The zero-order valence-corrected chi connectivity index (χ0v) is 18.1. The van der Waals surface area contributed by atoms with Gasteiger partial charge in [-0.2, -0.15) is 0 Å². The van der Waals surface area contributed by atoms with Crippen LogP contribution in [0.15, 0.2) is 97.1 Å². The molecule has 1 heterocycles. The van der Waals surface area contributed by atoms with E-state index in [0.29, 0.717) is 0 Å². The molecule has 32 heavy (non-hydrogen) atoms. The minimum Gasteiger partial charge on any atom is -0.233 e. The fourth-order valence-corrected chi connectivity index (χ4v) is 4.80. The van der Waals surface area contributed by atoms with Crippen LogP contribution in [-0.2, 0) is 0 Å². The molecule has 0 bridgehead atoms. The SMILES string of the molecule is Cc1nc(-c2cccc(-c3ccccc3)c2)c2ccc3cc4ccccc4c(C)c3c2n1. The molecule has 2 nitrogen and oxygen atoms in total. The molecular weight excluding hydrogens is 388 g/mol. The number of aryl methyl sites for hydroxylation is 2. The summed E-state index contributed by atoms with van der Waals surface area (Å²) in [6, 6.07) is 34.4. The molecule has 0 saturated heterocycles. The predicted octanol–water partition coefficient (Wildman–Crippen LogP) is 7.89. The highest BCUT2D eigenvalue weighted by Crippen LogP contribution is 2.36. The second-order valence-corrected chi connectivity index (χ2v) is 8.35. The molecule has 0 aliphatic rings. The van der Waals surface area contributed by atoms with Crippen molar-refractivity contribution in [2.45, 2.75) is 13.8 Å². The third kappa shape index (κ3) is 2.96. The summed E-state index contributed by atoms with van der Waals surface area (Å²) in [6.07, 6.45) is 0. The fourth-order valence-electron chi connectivity index (χ4n) is 4.80. The fraction of sp³-hybridized carbons (Fsp3) is 0.0667. The van der Waals surface area contributed by atoms with Crippen molar-refractivity contribution in [2.24, 2.45) is 0 Å². The van der Waals surface area contributed by atoms with Crippen LogP contribution in [0.3, 0.4) is 0 Å². The first-order valence-corrected chi connectivity index (χ1v) is 10.9. The van der Waals surface area contributed by atoms with Crippen molar-refractivity contribution in [2.75, 3.05) is 0 Å². The average Bonchev–Trinajstić information content (AvgIpc) is 2.84. The van der Waals surface area contributed by atoms with E-state index in [9.17, 15) is 0 Å². The molecule has 2 heteroatoms. The Balaban J connectivity index is 1.65. The highest BCUT2D eigenvalue weighted by molar-refractivity contribution is 6.15. The molecule has 152 valence electrons. The number of hydrogen-bond donors (Lipinski definition) is 0. The molecule has 0 aliphatic heterocycles. The number of hydrogen-bond acceptors (Lipinski definition) is 2. The van der Waals surface area contributed by atoms with Gasteiger partial charge in [0.2, 0.25) is 0 Å². The van der Waals surface area contributed by atoms with Crippen molar-refractivity contribution in [3.05, 3.63) is 108 Å². The first-order valence-electron chi connectivity index (χ1n) is 10.9. The Morgan fingerprint density at radius 2 is 1.28 bits per heavy atom. The first-order chi connectivity index (χ1) is 15.7. The molecule has 1 aromatic heterocycles. The lowest BCUT2D eigenvalue weighted by Gasteiger charge is -2.14. The van der Waals surface area contributed by atoms with Gasteiger partial charge in [0.25, 0.3) is 0 Å². The molecule has 0 unspecified atom stereocenters. The van der Waals surface area contributed by atoms with E-state index >= 15 is 0 Å². The molecule has 0 spiro atoms. The van der Waals surface area contributed by atoms with Crippen LogP contribution in [-0.4, -0.2) is 9.97 Å². The minimum absolute atomic E-state index is 0.790. The zero-order valence-electron chi connectivity index (χ0n) is 18.1. The number of aromatic nitrogens is 2. The average molecular weight is 411 g/mol. The summed E-state index contributed by atoms with van der Waals surface area (Å²) in [7, 11) is 0. The molecule has 6 rings (SSSR count). The van der Waals surface area contributed by atoms with E-state index < -0.39 is 0 Å². The lowest BCUT2D eigenvalue weighted by molar-refractivity contribution is 1.10. The van der Waals surface area contributed by atoms with E-state index in [2.05, 4.69) is 97.9 Å². The summed E-state index contributed by atoms with van der Waals surface area (Å²) in [5, 5.41) is 6.06. The molecule has 5 aromatic carbocycles. The number of fused-ring (bicyclic) bond motifs is 4. The first kappa shape index (κ1) is 18.7. The Morgan fingerprint density at radius 3 is 2.16 bits per heavy atom. The van der Waals surface area contributed by atoms with E-state index in [-0.39, 0.29) is 0 Å². The quantitative estimate of drug-likeness (QED) is 0.214. The number of rotatable bonds is 2. The smallest absolute Gasteiger partial charge is 0.126 e. The topological polar surface area (TPSA) is 25.8 Å². The van der Waals surface area contributed by atoms with Crippen molar-refractivity contribution in [3.8, 4) is 22.4 Å². The maximum atomic E-state index is 4.93. The maximum absolute atomic E-state index is 4.93. The highest BCUT2D eigenvalue weighted by atomic mass is 14.9. The van der Waals surface area contributed by atoms with Gasteiger partial charge in [0.05, 0.1) is 11.2 Å². The monoisotopic (exact) mass is 410 g/mol. The molecule has 0 atom stereocenters. The van der Waals surface area contributed by atoms with Crippen molar-refractivity contribution in [1.29, 1.82) is 0 Å². The van der Waals surface area contributed by atoms with Gasteiger partial charge in [-0.1, -0.05) is 78.9 Å². The summed E-state index contributed by atoms with van der Waals surface area (Å²) in [6.45, 7) is 4.19. The Morgan fingerprint density at radius 1 is 0.531 bits per heavy atom. The Hall–Kier alpha value is -4.04. The van der Waals surface area contributed by atoms with Crippen molar-refractivity contribution < 1.29 is 0 Å². The molecule has 6 aromatic rings. The van der Waals surface area contributed by atoms with Gasteiger partial charge in [0.15, 0.2) is 0 Å². The molecular formula is C30H22N2.